The van der Waals surface area contributed by atoms with E-state index >= 15 is 0 Å². The molecule has 4 nitrogen and oxygen atoms in total. The van der Waals surface area contributed by atoms with Crippen molar-refractivity contribution in [2.45, 2.75) is 77.0 Å². The number of likely N-dealkylation sites (tertiary alicyclic amines) is 1. The molecule has 4 rings (SSSR count). The molecule has 2 aromatic rings. The zero-order valence-corrected chi connectivity index (χ0v) is 23.1. The Morgan fingerprint density at radius 1 is 1.03 bits per heavy atom. The van der Waals surface area contributed by atoms with Crippen molar-refractivity contribution in [3.05, 3.63) is 59.2 Å². The third-order valence-corrected chi connectivity index (χ3v) is 8.70. The Labute approximate surface area is 220 Å². The number of para-hydroxylation sites is 1. The van der Waals surface area contributed by atoms with Crippen molar-refractivity contribution in [2.75, 3.05) is 51.2 Å². The summed E-state index contributed by atoms with van der Waals surface area (Å²) in [5.74, 6) is 1.39. The molecule has 0 spiro atoms. The predicted octanol–water partition coefficient (Wildman–Crippen LogP) is 6.29. The Hall–Kier alpha value is -2.04. The van der Waals surface area contributed by atoms with Crippen LogP contribution >= 0.6 is 0 Å². The average molecular weight is 492 g/mol. The fraction of sp³-hybridized carbons (Fsp3) is 0.625. The van der Waals surface area contributed by atoms with E-state index in [4.69, 9.17) is 0 Å². The number of hydrogen-bond acceptors (Lipinski definition) is 4. The first-order valence-corrected chi connectivity index (χ1v) is 14.5. The highest BCUT2D eigenvalue weighted by Gasteiger charge is 2.38. The van der Waals surface area contributed by atoms with Gasteiger partial charge in [0.25, 0.3) is 0 Å². The van der Waals surface area contributed by atoms with Gasteiger partial charge in [-0.2, -0.15) is 0 Å². The van der Waals surface area contributed by atoms with Gasteiger partial charge >= 0.3 is 0 Å². The minimum absolute atomic E-state index is 0.210. The van der Waals surface area contributed by atoms with E-state index in [9.17, 15) is 5.11 Å². The van der Waals surface area contributed by atoms with Crippen molar-refractivity contribution < 1.29 is 5.11 Å². The zero-order chi connectivity index (χ0) is 25.4. The summed E-state index contributed by atoms with van der Waals surface area (Å²) < 4.78 is 0. The van der Waals surface area contributed by atoms with Crippen LogP contribution in [0.15, 0.2) is 42.5 Å². The van der Waals surface area contributed by atoms with Crippen molar-refractivity contribution in [2.24, 2.45) is 5.92 Å². The van der Waals surface area contributed by atoms with Gasteiger partial charge in [-0.25, -0.2) is 0 Å². The Balaban J connectivity index is 1.23. The van der Waals surface area contributed by atoms with Crippen molar-refractivity contribution in [3.8, 4) is 5.75 Å². The molecule has 0 bridgehead atoms. The van der Waals surface area contributed by atoms with Gasteiger partial charge in [-0.15, -0.1) is 0 Å². The van der Waals surface area contributed by atoms with E-state index < -0.39 is 0 Å². The Morgan fingerprint density at radius 2 is 1.78 bits per heavy atom. The number of anilines is 1. The zero-order valence-electron chi connectivity index (χ0n) is 23.1. The number of piperidine rings is 1. The van der Waals surface area contributed by atoms with Crippen LogP contribution in [0.4, 0.5) is 5.69 Å². The topological polar surface area (TPSA) is 38.7 Å². The normalized spacial score (nSPS) is 17.9. The molecule has 0 aromatic heterocycles. The summed E-state index contributed by atoms with van der Waals surface area (Å²) >= 11 is 0. The lowest BCUT2D eigenvalue weighted by Crippen LogP contribution is -2.44. The van der Waals surface area contributed by atoms with Gasteiger partial charge in [-0.3, -0.25) is 0 Å². The molecule has 198 valence electrons. The van der Waals surface area contributed by atoms with Crippen molar-refractivity contribution in [3.63, 3.8) is 0 Å². The Morgan fingerprint density at radius 3 is 2.50 bits per heavy atom. The van der Waals surface area contributed by atoms with Crippen LogP contribution in [0.2, 0.25) is 0 Å². The van der Waals surface area contributed by atoms with Crippen LogP contribution in [0.3, 0.4) is 0 Å². The number of rotatable bonds is 14. The van der Waals surface area contributed by atoms with Crippen LogP contribution in [0, 0.1) is 12.8 Å². The minimum atomic E-state index is 0.210. The van der Waals surface area contributed by atoms with E-state index in [1.54, 1.807) is 0 Å². The summed E-state index contributed by atoms with van der Waals surface area (Å²) in [7, 11) is 2.21. The molecule has 2 aliphatic rings. The quantitative estimate of drug-likeness (QED) is 0.305. The molecule has 1 aliphatic carbocycles. The van der Waals surface area contributed by atoms with Gasteiger partial charge in [0.05, 0.1) is 0 Å². The molecule has 2 aromatic carbocycles. The molecule has 1 saturated carbocycles. The van der Waals surface area contributed by atoms with Crippen molar-refractivity contribution >= 4 is 5.69 Å². The molecule has 0 radical (unpaired) electrons. The Kier molecular flexibility index (Phi) is 9.73. The monoisotopic (exact) mass is 491 g/mol. The van der Waals surface area contributed by atoms with Gasteiger partial charge in [-0.1, -0.05) is 31.2 Å². The van der Waals surface area contributed by atoms with E-state index in [2.05, 4.69) is 72.4 Å². The summed E-state index contributed by atoms with van der Waals surface area (Å²) in [6, 6.07) is 14.8. The molecule has 2 fully saturated rings. The number of phenols is 1. The summed E-state index contributed by atoms with van der Waals surface area (Å²) in [6.45, 7) is 11.4. The highest BCUT2D eigenvalue weighted by Crippen LogP contribution is 2.43. The second-order valence-electron chi connectivity index (χ2n) is 11.5. The second-order valence-corrected chi connectivity index (χ2v) is 11.5. The summed E-state index contributed by atoms with van der Waals surface area (Å²) in [5, 5.41) is 14.1. The molecule has 0 amide bonds. The van der Waals surface area contributed by atoms with Crippen LogP contribution < -0.4 is 10.2 Å². The van der Waals surface area contributed by atoms with Crippen LogP contribution in [0.1, 0.15) is 75.0 Å². The number of aromatic hydroxyl groups is 1. The highest BCUT2D eigenvalue weighted by atomic mass is 16.3. The lowest BCUT2D eigenvalue weighted by Gasteiger charge is -2.43. The standard InChI is InChI=1S/C32H49N3O/c1-4-28-14-15-29(36)24-30(28)32(17-22-35(23-18-32)25-27-12-13-27)16-9-20-33-19-7-8-21-34(3)31-11-6-5-10-26(31)2/h5-6,10-11,14-15,24,27,33,36H,4,7-9,12-13,16-23,25H2,1-3H3. The number of phenolic OH excluding ortho intramolecular Hbond substituents is 1. The van der Waals surface area contributed by atoms with E-state index in [0.717, 1.165) is 32.0 Å². The summed E-state index contributed by atoms with van der Waals surface area (Å²) in [5.41, 5.74) is 5.76. The first-order valence-electron chi connectivity index (χ1n) is 14.5. The average Bonchev–Trinajstić information content (AvgIpc) is 3.71. The third-order valence-electron chi connectivity index (χ3n) is 8.70. The molecule has 1 heterocycles. The van der Waals surface area contributed by atoms with Gasteiger partial charge in [0.1, 0.15) is 5.75 Å². The molecule has 2 N–H and O–H groups in total. The maximum atomic E-state index is 10.4. The lowest BCUT2D eigenvalue weighted by atomic mass is 9.68. The van der Waals surface area contributed by atoms with E-state index in [0.29, 0.717) is 5.75 Å². The third kappa shape index (κ3) is 7.26. The number of hydrogen-bond donors (Lipinski definition) is 2. The number of nitrogens with zero attached hydrogens (tertiary/aromatic N) is 2. The molecule has 1 saturated heterocycles. The number of nitrogens with one attached hydrogen (secondary N) is 1. The number of benzene rings is 2. The van der Waals surface area contributed by atoms with Crippen LogP contribution in [-0.2, 0) is 11.8 Å². The van der Waals surface area contributed by atoms with Crippen molar-refractivity contribution in [1.82, 2.24) is 10.2 Å². The van der Waals surface area contributed by atoms with Gasteiger partial charge in [0, 0.05) is 25.8 Å². The van der Waals surface area contributed by atoms with Crippen molar-refractivity contribution in [1.29, 1.82) is 0 Å². The summed E-state index contributed by atoms with van der Waals surface area (Å²) in [6.07, 6.45) is 11.2. The summed E-state index contributed by atoms with van der Waals surface area (Å²) in [4.78, 5) is 5.09. The van der Waals surface area contributed by atoms with Crippen LogP contribution in [0.5, 0.6) is 5.75 Å². The molecule has 0 atom stereocenters. The maximum absolute atomic E-state index is 10.4. The van der Waals surface area contributed by atoms with Gasteiger partial charge < -0.3 is 20.2 Å². The first-order chi connectivity index (χ1) is 17.5. The van der Waals surface area contributed by atoms with Crippen LogP contribution in [-0.4, -0.2) is 56.3 Å². The first kappa shape index (κ1) is 27.0. The van der Waals surface area contributed by atoms with Gasteiger partial charge in [0.15, 0.2) is 0 Å². The van der Waals surface area contributed by atoms with E-state index in [-0.39, 0.29) is 5.41 Å². The molecule has 4 heteroatoms. The molecule has 1 aliphatic heterocycles. The lowest BCUT2D eigenvalue weighted by molar-refractivity contribution is 0.144. The van der Waals surface area contributed by atoms with Crippen LogP contribution in [0.25, 0.3) is 0 Å². The fourth-order valence-electron chi connectivity index (χ4n) is 6.24. The highest BCUT2D eigenvalue weighted by molar-refractivity contribution is 5.52. The molecular formula is C32H49N3O. The minimum Gasteiger partial charge on any atom is -0.508 e. The smallest absolute Gasteiger partial charge is 0.115 e. The van der Waals surface area contributed by atoms with Gasteiger partial charge in [0.2, 0.25) is 0 Å². The SMILES string of the molecule is CCc1ccc(O)cc1C1(CCCNCCCCN(C)c2ccccc2C)CCN(CC2CC2)CC1. The van der Waals surface area contributed by atoms with Gasteiger partial charge in [-0.05, 0) is 137 Å². The van der Waals surface area contributed by atoms with E-state index in [1.807, 2.05) is 6.07 Å². The second kappa shape index (κ2) is 13.0. The molecule has 0 unspecified atom stereocenters. The van der Waals surface area contributed by atoms with E-state index in [1.165, 1.54) is 93.4 Å². The number of aryl methyl sites for hydroxylation is 2. The predicted molar refractivity (Wildman–Crippen MR) is 153 cm³/mol. The maximum Gasteiger partial charge on any atom is 0.115 e. The number of unbranched alkanes of at least 4 members (excludes halogenated alkanes) is 1. The molecular weight excluding hydrogens is 442 g/mol. The molecule has 36 heavy (non-hydrogen) atoms. The Bertz CT molecular complexity index is 946. The fourth-order valence-corrected chi connectivity index (χ4v) is 6.24. The largest absolute Gasteiger partial charge is 0.508 e.